The third-order valence-corrected chi connectivity index (χ3v) is 3.04. The van der Waals surface area contributed by atoms with Crippen molar-refractivity contribution in [2.24, 2.45) is 5.73 Å². The number of amides is 2. The highest BCUT2D eigenvalue weighted by Gasteiger charge is 2.34. The lowest BCUT2D eigenvalue weighted by Gasteiger charge is -2.39. The minimum atomic E-state index is -0.486. The highest BCUT2D eigenvalue weighted by Crippen LogP contribution is 2.26. The van der Waals surface area contributed by atoms with Gasteiger partial charge in [-0.25, -0.2) is 4.79 Å². The van der Waals surface area contributed by atoms with E-state index in [0.717, 1.165) is 0 Å². The molecule has 1 aliphatic rings. The van der Waals surface area contributed by atoms with Gasteiger partial charge >= 0.3 is 6.09 Å². The van der Waals surface area contributed by atoms with Crippen LogP contribution in [0.2, 0.25) is 0 Å². The van der Waals surface area contributed by atoms with Crippen molar-refractivity contribution in [3.05, 3.63) is 0 Å². The summed E-state index contributed by atoms with van der Waals surface area (Å²) in [5.74, 6) is -0.476. The molecule has 6 nitrogen and oxygen atoms in total. The molecule has 0 radical (unpaired) electrons. The first-order chi connectivity index (χ1) is 8.61. The lowest BCUT2D eigenvalue weighted by Crippen LogP contribution is -2.48. The van der Waals surface area contributed by atoms with E-state index in [1.807, 2.05) is 27.7 Å². The van der Waals surface area contributed by atoms with E-state index in [1.54, 1.807) is 4.90 Å². The predicted octanol–water partition coefficient (Wildman–Crippen LogP) is 1.28. The van der Waals surface area contributed by atoms with Crippen molar-refractivity contribution in [1.82, 2.24) is 4.90 Å². The van der Waals surface area contributed by atoms with Crippen LogP contribution >= 0.6 is 0 Å². The number of carbonyl (C=O) groups excluding carboxylic acids is 2. The molecule has 2 N–H and O–H groups in total. The summed E-state index contributed by atoms with van der Waals surface area (Å²) in [6, 6.07) is 0. The van der Waals surface area contributed by atoms with Gasteiger partial charge in [-0.15, -0.1) is 0 Å². The van der Waals surface area contributed by atoms with Crippen molar-refractivity contribution in [2.45, 2.75) is 51.7 Å². The number of hydrogen-bond acceptors (Lipinski definition) is 4. The van der Waals surface area contributed by atoms with Gasteiger partial charge in [0.15, 0.2) is 0 Å². The molecule has 0 aromatic rings. The summed E-state index contributed by atoms with van der Waals surface area (Å²) in [5.41, 5.74) is 4.18. The lowest BCUT2D eigenvalue weighted by atomic mass is 9.93. The first kappa shape index (κ1) is 15.8. The number of primary amides is 1. The molecule has 0 bridgehead atoms. The Hall–Kier alpha value is -1.30. The van der Waals surface area contributed by atoms with Crippen molar-refractivity contribution in [1.29, 1.82) is 0 Å². The van der Waals surface area contributed by atoms with E-state index < -0.39 is 17.1 Å². The number of nitrogens with two attached hydrogens (primary N) is 1. The molecule has 0 spiro atoms. The highest BCUT2D eigenvalue weighted by atomic mass is 16.6. The fourth-order valence-electron chi connectivity index (χ4n) is 1.88. The van der Waals surface area contributed by atoms with Crippen LogP contribution in [0.3, 0.4) is 0 Å². The zero-order chi connectivity index (χ0) is 14.7. The zero-order valence-corrected chi connectivity index (χ0v) is 12.2. The number of piperidine rings is 1. The Balaban J connectivity index is 2.44. The molecule has 2 amide bonds. The average Bonchev–Trinajstić information content (AvgIpc) is 2.25. The van der Waals surface area contributed by atoms with Crippen molar-refractivity contribution in [3.63, 3.8) is 0 Å². The van der Waals surface area contributed by atoms with Crippen molar-refractivity contribution in [3.8, 4) is 0 Å². The fraction of sp³-hybridized carbons (Fsp3) is 0.846. The van der Waals surface area contributed by atoms with Gasteiger partial charge in [-0.2, -0.15) is 0 Å². The number of rotatable bonds is 3. The van der Waals surface area contributed by atoms with Gasteiger partial charge in [-0.05, 0) is 40.5 Å². The van der Waals surface area contributed by atoms with E-state index >= 15 is 0 Å². The van der Waals surface area contributed by atoms with Gasteiger partial charge in [0.05, 0.1) is 5.60 Å². The second-order valence-electron chi connectivity index (χ2n) is 6.17. The Bertz CT molecular complexity index is 341. The molecule has 1 rings (SSSR count). The summed E-state index contributed by atoms with van der Waals surface area (Å²) in [4.78, 5) is 24.3. The van der Waals surface area contributed by atoms with Gasteiger partial charge in [0.2, 0.25) is 5.91 Å². The standard InChI is InChI=1S/C13H24N2O4/c1-12(2,3)19-11(17)15-7-5-13(4,6-8-15)18-9-10(14)16/h5-9H2,1-4H3,(H2,14,16). The van der Waals surface area contributed by atoms with Gasteiger partial charge < -0.3 is 20.1 Å². The second-order valence-corrected chi connectivity index (χ2v) is 6.17. The summed E-state index contributed by atoms with van der Waals surface area (Å²) < 4.78 is 10.8. The Morgan fingerprint density at radius 3 is 2.21 bits per heavy atom. The smallest absolute Gasteiger partial charge is 0.410 e. The molecule has 0 atom stereocenters. The maximum Gasteiger partial charge on any atom is 0.410 e. The number of hydrogen-bond donors (Lipinski definition) is 1. The quantitative estimate of drug-likeness (QED) is 0.839. The monoisotopic (exact) mass is 272 g/mol. The number of carbonyl (C=O) groups is 2. The number of likely N-dealkylation sites (tertiary alicyclic amines) is 1. The average molecular weight is 272 g/mol. The number of nitrogens with zero attached hydrogens (tertiary/aromatic N) is 1. The first-order valence-electron chi connectivity index (χ1n) is 6.51. The van der Waals surface area contributed by atoms with Gasteiger partial charge in [-0.3, -0.25) is 4.79 Å². The molecule has 19 heavy (non-hydrogen) atoms. The Labute approximate surface area is 114 Å². The molecule has 110 valence electrons. The van der Waals surface area contributed by atoms with Gasteiger partial charge in [0.1, 0.15) is 12.2 Å². The molecule has 6 heteroatoms. The Morgan fingerprint density at radius 2 is 1.79 bits per heavy atom. The van der Waals surface area contributed by atoms with Crippen LogP contribution in [-0.4, -0.2) is 47.8 Å². The van der Waals surface area contributed by atoms with E-state index in [0.29, 0.717) is 25.9 Å². The molecular formula is C13H24N2O4. The van der Waals surface area contributed by atoms with Gasteiger partial charge in [-0.1, -0.05) is 0 Å². The summed E-state index contributed by atoms with van der Waals surface area (Å²) in [6.07, 6.45) is 1.03. The van der Waals surface area contributed by atoms with Crippen LogP contribution in [0.1, 0.15) is 40.5 Å². The molecule has 0 aromatic carbocycles. The van der Waals surface area contributed by atoms with Crippen molar-refractivity contribution >= 4 is 12.0 Å². The molecule has 0 aromatic heterocycles. The van der Waals surface area contributed by atoms with E-state index in [4.69, 9.17) is 15.2 Å². The highest BCUT2D eigenvalue weighted by molar-refractivity contribution is 5.75. The normalized spacial score (nSPS) is 19.1. The Morgan fingerprint density at radius 1 is 1.26 bits per heavy atom. The van der Waals surface area contributed by atoms with Crippen LogP contribution in [-0.2, 0) is 14.3 Å². The topological polar surface area (TPSA) is 81.9 Å². The van der Waals surface area contributed by atoms with Crippen LogP contribution in [0.4, 0.5) is 4.79 Å². The van der Waals surface area contributed by atoms with E-state index in [9.17, 15) is 9.59 Å². The maximum absolute atomic E-state index is 11.9. The first-order valence-corrected chi connectivity index (χ1v) is 6.51. The molecule has 1 fully saturated rings. The predicted molar refractivity (Wildman–Crippen MR) is 70.6 cm³/mol. The van der Waals surface area contributed by atoms with Crippen molar-refractivity contribution < 1.29 is 19.1 Å². The third-order valence-electron chi connectivity index (χ3n) is 3.04. The van der Waals surface area contributed by atoms with Crippen molar-refractivity contribution in [2.75, 3.05) is 19.7 Å². The molecule has 1 heterocycles. The summed E-state index contributed by atoms with van der Waals surface area (Å²) in [7, 11) is 0. The van der Waals surface area contributed by atoms with Crippen LogP contribution < -0.4 is 5.73 Å². The summed E-state index contributed by atoms with van der Waals surface area (Å²) >= 11 is 0. The Kier molecular flexibility index (Phi) is 4.79. The lowest BCUT2D eigenvalue weighted by molar-refractivity contribution is -0.132. The minimum absolute atomic E-state index is 0.0804. The molecule has 0 aliphatic carbocycles. The molecule has 1 aliphatic heterocycles. The molecular weight excluding hydrogens is 248 g/mol. The van der Waals surface area contributed by atoms with Crippen LogP contribution in [0.15, 0.2) is 0 Å². The van der Waals surface area contributed by atoms with E-state index in [2.05, 4.69) is 0 Å². The van der Waals surface area contributed by atoms with Gasteiger partial charge in [0, 0.05) is 13.1 Å². The second kappa shape index (κ2) is 5.77. The zero-order valence-electron chi connectivity index (χ0n) is 12.2. The number of ether oxygens (including phenoxy) is 2. The van der Waals surface area contributed by atoms with Gasteiger partial charge in [0.25, 0.3) is 0 Å². The fourth-order valence-corrected chi connectivity index (χ4v) is 1.88. The molecule has 1 saturated heterocycles. The van der Waals surface area contributed by atoms with E-state index in [1.165, 1.54) is 0 Å². The minimum Gasteiger partial charge on any atom is -0.444 e. The third kappa shape index (κ3) is 5.46. The molecule has 0 unspecified atom stereocenters. The summed E-state index contributed by atoms with van der Waals surface area (Å²) in [6.45, 7) is 8.50. The summed E-state index contributed by atoms with van der Waals surface area (Å²) in [5, 5.41) is 0. The maximum atomic E-state index is 11.9. The SMILES string of the molecule is CC(C)(C)OC(=O)N1CCC(C)(OCC(N)=O)CC1. The van der Waals surface area contributed by atoms with Crippen LogP contribution in [0, 0.1) is 0 Å². The molecule has 0 saturated carbocycles. The van der Waals surface area contributed by atoms with Crippen LogP contribution in [0.5, 0.6) is 0 Å². The van der Waals surface area contributed by atoms with Crippen LogP contribution in [0.25, 0.3) is 0 Å². The largest absolute Gasteiger partial charge is 0.444 e. The van der Waals surface area contributed by atoms with E-state index in [-0.39, 0.29) is 12.7 Å².